The highest BCUT2D eigenvalue weighted by atomic mass is 32.1. The van der Waals surface area contributed by atoms with Gasteiger partial charge in [0.15, 0.2) is 5.82 Å². The fourth-order valence-corrected chi connectivity index (χ4v) is 3.61. The maximum absolute atomic E-state index is 12.4. The van der Waals surface area contributed by atoms with Crippen LogP contribution in [0.5, 0.6) is 0 Å². The maximum Gasteiger partial charge on any atom is 0.258 e. The fourth-order valence-electron chi connectivity index (χ4n) is 2.78. The van der Waals surface area contributed by atoms with Crippen LogP contribution < -0.4 is 16.0 Å². The zero-order valence-electron chi connectivity index (χ0n) is 12.8. The van der Waals surface area contributed by atoms with Crippen molar-refractivity contribution in [2.45, 2.75) is 44.8 Å². The molecule has 3 N–H and O–H groups in total. The third-order valence-corrected chi connectivity index (χ3v) is 5.41. The van der Waals surface area contributed by atoms with E-state index in [1.165, 1.54) is 11.5 Å². The van der Waals surface area contributed by atoms with Gasteiger partial charge in [0.2, 0.25) is 0 Å². The van der Waals surface area contributed by atoms with E-state index in [0.29, 0.717) is 29.5 Å². The van der Waals surface area contributed by atoms with Gasteiger partial charge < -0.3 is 16.0 Å². The van der Waals surface area contributed by atoms with Crippen molar-refractivity contribution in [2.75, 3.05) is 30.8 Å². The van der Waals surface area contributed by atoms with Gasteiger partial charge in [-0.2, -0.15) is 4.37 Å². The molecule has 6 nitrogen and oxygen atoms in total. The number of carbonyl (C=O) groups is 1. The Labute approximate surface area is 129 Å². The van der Waals surface area contributed by atoms with Crippen molar-refractivity contribution in [3.05, 3.63) is 5.56 Å². The highest BCUT2D eigenvalue weighted by molar-refractivity contribution is 7.11. The number of likely N-dealkylation sites (N-methyl/N-ethyl adjacent to an activating group) is 1. The van der Waals surface area contributed by atoms with Crippen LogP contribution in [0, 0.1) is 0 Å². The maximum atomic E-state index is 12.4. The molecule has 2 atom stereocenters. The Morgan fingerprint density at radius 3 is 2.52 bits per heavy atom. The Kier molecular flexibility index (Phi) is 3.79. The third-order valence-electron chi connectivity index (χ3n) is 4.49. The molecule has 0 aromatic carbocycles. The van der Waals surface area contributed by atoms with E-state index in [9.17, 15) is 4.79 Å². The van der Waals surface area contributed by atoms with Crippen molar-refractivity contribution in [3.8, 4) is 0 Å². The average molecular weight is 309 g/mol. The second kappa shape index (κ2) is 5.46. The number of nitrogens with zero attached hydrogens (tertiary/aromatic N) is 3. The SMILES string of the molecule is CC1CN(c2snc(N)c2C(=O)NC2CC2)CC(C)N1C. The van der Waals surface area contributed by atoms with Crippen molar-refractivity contribution in [2.24, 2.45) is 0 Å². The number of carbonyl (C=O) groups excluding carboxylic acids is 1. The van der Waals surface area contributed by atoms with Crippen LogP contribution in [0.1, 0.15) is 37.0 Å². The van der Waals surface area contributed by atoms with Gasteiger partial charge >= 0.3 is 0 Å². The Bertz CT molecular complexity index is 529. The summed E-state index contributed by atoms with van der Waals surface area (Å²) in [5, 5.41) is 3.93. The van der Waals surface area contributed by atoms with Crippen molar-refractivity contribution in [1.29, 1.82) is 0 Å². The van der Waals surface area contributed by atoms with E-state index in [0.717, 1.165) is 30.9 Å². The van der Waals surface area contributed by atoms with Crippen LogP contribution in [0.25, 0.3) is 0 Å². The summed E-state index contributed by atoms with van der Waals surface area (Å²) in [6.07, 6.45) is 2.14. The molecule has 1 saturated carbocycles. The minimum absolute atomic E-state index is 0.0713. The second-order valence-electron chi connectivity index (χ2n) is 6.26. The first kappa shape index (κ1) is 14.6. The summed E-state index contributed by atoms with van der Waals surface area (Å²) in [6, 6.07) is 1.21. The molecule has 3 rings (SSSR count). The number of nitrogens with one attached hydrogen (secondary N) is 1. The van der Waals surface area contributed by atoms with Gasteiger partial charge in [0.05, 0.1) is 0 Å². The van der Waals surface area contributed by atoms with E-state index in [-0.39, 0.29) is 5.91 Å². The second-order valence-corrected chi connectivity index (χ2v) is 7.02. The van der Waals surface area contributed by atoms with E-state index in [2.05, 4.69) is 40.4 Å². The highest BCUT2D eigenvalue weighted by Crippen LogP contribution is 2.33. The largest absolute Gasteiger partial charge is 0.382 e. The van der Waals surface area contributed by atoms with E-state index in [1.54, 1.807) is 0 Å². The molecule has 1 aliphatic carbocycles. The number of rotatable bonds is 3. The minimum Gasteiger partial charge on any atom is -0.382 e. The van der Waals surface area contributed by atoms with Gasteiger partial charge in [0, 0.05) is 31.2 Å². The Balaban J connectivity index is 1.83. The number of hydrogen-bond acceptors (Lipinski definition) is 6. The minimum atomic E-state index is -0.0713. The van der Waals surface area contributed by atoms with E-state index < -0.39 is 0 Å². The van der Waals surface area contributed by atoms with Gasteiger partial charge in [0.1, 0.15) is 10.6 Å². The number of anilines is 2. The first-order valence-electron chi connectivity index (χ1n) is 7.50. The van der Waals surface area contributed by atoms with E-state index >= 15 is 0 Å². The zero-order valence-corrected chi connectivity index (χ0v) is 13.6. The molecule has 2 heterocycles. The van der Waals surface area contributed by atoms with Crippen molar-refractivity contribution in [3.63, 3.8) is 0 Å². The monoisotopic (exact) mass is 309 g/mol. The van der Waals surface area contributed by atoms with Crippen LogP contribution in [0.15, 0.2) is 0 Å². The van der Waals surface area contributed by atoms with Gasteiger partial charge in [0.25, 0.3) is 5.91 Å². The number of nitrogen functional groups attached to an aromatic ring is 1. The normalized spacial score (nSPS) is 26.9. The molecule has 1 aliphatic heterocycles. The number of piperazine rings is 1. The van der Waals surface area contributed by atoms with E-state index in [4.69, 9.17) is 5.73 Å². The molecule has 1 amide bonds. The summed E-state index contributed by atoms with van der Waals surface area (Å²) < 4.78 is 4.21. The van der Waals surface area contributed by atoms with E-state index in [1.807, 2.05) is 0 Å². The number of nitrogens with two attached hydrogens (primary N) is 1. The molecule has 1 saturated heterocycles. The van der Waals surface area contributed by atoms with Crippen molar-refractivity contribution in [1.82, 2.24) is 14.6 Å². The molecule has 0 bridgehead atoms. The van der Waals surface area contributed by atoms with Crippen LogP contribution in [-0.4, -0.2) is 53.4 Å². The standard InChI is InChI=1S/C14H23N5OS/c1-8-6-19(7-9(2)18(8)3)14-11(12(15)17-21-14)13(20)16-10-4-5-10/h8-10H,4-7H2,1-3H3,(H2,15,17)(H,16,20). The quantitative estimate of drug-likeness (QED) is 0.876. The fraction of sp³-hybridized carbons (Fsp3) is 0.714. The Morgan fingerprint density at radius 2 is 1.95 bits per heavy atom. The lowest BCUT2D eigenvalue weighted by Gasteiger charge is -2.43. The molecular formula is C14H23N5OS. The summed E-state index contributed by atoms with van der Waals surface area (Å²) >= 11 is 1.34. The first-order valence-corrected chi connectivity index (χ1v) is 8.27. The average Bonchev–Trinajstić information content (AvgIpc) is 3.15. The van der Waals surface area contributed by atoms with Crippen LogP contribution >= 0.6 is 11.5 Å². The number of hydrogen-bond donors (Lipinski definition) is 2. The zero-order chi connectivity index (χ0) is 15.1. The number of aromatic nitrogens is 1. The predicted molar refractivity (Wildman–Crippen MR) is 85.9 cm³/mol. The summed E-state index contributed by atoms with van der Waals surface area (Å²) in [6.45, 7) is 6.20. The first-order chi connectivity index (χ1) is 9.97. The summed E-state index contributed by atoms with van der Waals surface area (Å²) in [4.78, 5) is 17.0. The highest BCUT2D eigenvalue weighted by Gasteiger charge is 2.33. The molecule has 1 aromatic heterocycles. The molecule has 21 heavy (non-hydrogen) atoms. The molecule has 1 aromatic rings. The van der Waals surface area contributed by atoms with Crippen molar-refractivity contribution >= 4 is 28.3 Å². The van der Waals surface area contributed by atoms with Gasteiger partial charge in [-0.3, -0.25) is 9.69 Å². The van der Waals surface area contributed by atoms with Crippen LogP contribution in [0.2, 0.25) is 0 Å². The molecule has 0 radical (unpaired) electrons. The van der Waals surface area contributed by atoms with Gasteiger partial charge in [-0.05, 0) is 45.3 Å². The Morgan fingerprint density at radius 1 is 1.33 bits per heavy atom. The van der Waals surface area contributed by atoms with Crippen LogP contribution in [-0.2, 0) is 0 Å². The lowest BCUT2D eigenvalue weighted by Crippen LogP contribution is -2.55. The molecule has 2 aliphatic rings. The van der Waals surface area contributed by atoms with Gasteiger partial charge in [-0.25, -0.2) is 0 Å². The smallest absolute Gasteiger partial charge is 0.258 e. The lowest BCUT2D eigenvalue weighted by molar-refractivity contribution is 0.0952. The van der Waals surface area contributed by atoms with Crippen molar-refractivity contribution < 1.29 is 4.79 Å². The third kappa shape index (κ3) is 2.85. The van der Waals surface area contributed by atoms with Gasteiger partial charge in [-0.1, -0.05) is 0 Å². The predicted octanol–water partition coefficient (Wildman–Crippen LogP) is 1.15. The molecule has 2 unspecified atom stereocenters. The van der Waals surface area contributed by atoms with Crippen LogP contribution in [0.3, 0.4) is 0 Å². The summed E-state index contributed by atoms with van der Waals surface area (Å²) in [7, 11) is 2.15. The van der Waals surface area contributed by atoms with Crippen LogP contribution in [0.4, 0.5) is 10.8 Å². The molecule has 2 fully saturated rings. The molecule has 116 valence electrons. The molecular weight excluding hydrogens is 286 g/mol. The topological polar surface area (TPSA) is 74.5 Å². The van der Waals surface area contributed by atoms with Gasteiger partial charge in [-0.15, -0.1) is 0 Å². The lowest BCUT2D eigenvalue weighted by atomic mass is 10.1. The Hall–Kier alpha value is -1.34. The number of amides is 1. The molecule has 0 spiro atoms. The summed E-state index contributed by atoms with van der Waals surface area (Å²) in [5.74, 6) is 0.283. The molecule has 7 heteroatoms. The summed E-state index contributed by atoms with van der Waals surface area (Å²) in [5.41, 5.74) is 6.51.